The number of halogens is 1. The minimum absolute atomic E-state index is 0.00488. The monoisotopic (exact) mass is 334 g/mol. The average molecular weight is 335 g/mol. The summed E-state index contributed by atoms with van der Waals surface area (Å²) in [5, 5.41) is 23.3. The van der Waals surface area contributed by atoms with Crippen molar-refractivity contribution in [2.45, 2.75) is 11.0 Å². The third-order valence-corrected chi connectivity index (χ3v) is 3.84. The van der Waals surface area contributed by atoms with Crippen molar-refractivity contribution in [3.05, 3.63) is 28.3 Å². The van der Waals surface area contributed by atoms with Gasteiger partial charge in [-0.2, -0.15) is 0 Å². The quantitative estimate of drug-likeness (QED) is 0.246. The van der Waals surface area contributed by atoms with Crippen LogP contribution in [-0.2, 0) is 9.53 Å². The van der Waals surface area contributed by atoms with Crippen LogP contribution < -0.4 is 5.32 Å². The molecule has 1 aromatic rings. The molecular formula is C12H15ClN2O5S. The smallest absolute Gasteiger partial charge is 0.315 e. The van der Waals surface area contributed by atoms with Gasteiger partial charge in [0, 0.05) is 18.3 Å². The molecule has 7 nitrogen and oxygen atoms in total. The highest BCUT2D eigenvalue weighted by Gasteiger charge is 2.16. The molecule has 0 amide bonds. The van der Waals surface area contributed by atoms with Crippen LogP contribution in [0.3, 0.4) is 0 Å². The zero-order valence-corrected chi connectivity index (χ0v) is 12.8. The van der Waals surface area contributed by atoms with Crippen LogP contribution in [-0.4, -0.2) is 47.4 Å². The molecule has 0 spiro atoms. The number of benzene rings is 1. The Morgan fingerprint density at radius 2 is 2.33 bits per heavy atom. The number of alkyl halides is 1. The van der Waals surface area contributed by atoms with Gasteiger partial charge in [0.2, 0.25) is 0 Å². The van der Waals surface area contributed by atoms with E-state index in [1.165, 1.54) is 13.2 Å². The number of nitro benzene ring substituents is 1. The third kappa shape index (κ3) is 5.78. The molecule has 0 aliphatic heterocycles. The van der Waals surface area contributed by atoms with E-state index in [4.69, 9.17) is 11.6 Å². The van der Waals surface area contributed by atoms with Gasteiger partial charge in [0.1, 0.15) is 0 Å². The van der Waals surface area contributed by atoms with E-state index in [-0.39, 0.29) is 23.9 Å². The molecule has 21 heavy (non-hydrogen) atoms. The maximum Gasteiger partial charge on any atom is 0.315 e. The maximum absolute atomic E-state index is 11.1. The molecule has 0 fully saturated rings. The summed E-state index contributed by atoms with van der Waals surface area (Å²) < 4.78 is 4.49. The summed E-state index contributed by atoms with van der Waals surface area (Å²) in [5.41, 5.74) is 0.377. The first-order valence-electron chi connectivity index (χ1n) is 5.94. The predicted molar refractivity (Wildman–Crippen MR) is 81.1 cm³/mol. The lowest BCUT2D eigenvalue weighted by Gasteiger charge is -2.10. The van der Waals surface area contributed by atoms with E-state index >= 15 is 0 Å². The van der Waals surface area contributed by atoms with Crippen molar-refractivity contribution < 1.29 is 19.6 Å². The molecule has 0 aromatic heterocycles. The van der Waals surface area contributed by atoms with Crippen molar-refractivity contribution in [3.63, 3.8) is 0 Å². The van der Waals surface area contributed by atoms with Gasteiger partial charge in [0.15, 0.2) is 0 Å². The first-order chi connectivity index (χ1) is 9.97. The van der Waals surface area contributed by atoms with Crippen molar-refractivity contribution in [1.82, 2.24) is 0 Å². The molecule has 0 radical (unpaired) electrons. The second-order valence-electron chi connectivity index (χ2n) is 3.99. The molecule has 2 N–H and O–H groups in total. The van der Waals surface area contributed by atoms with Crippen LogP contribution in [0, 0.1) is 10.1 Å². The molecule has 0 bridgehead atoms. The van der Waals surface area contributed by atoms with Crippen LogP contribution in [0.25, 0.3) is 0 Å². The maximum atomic E-state index is 11.1. The number of thioether (sulfide) groups is 1. The lowest BCUT2D eigenvalue weighted by Crippen LogP contribution is -2.20. The Balaban J connectivity index is 2.81. The number of aliphatic hydroxyl groups is 1. The highest BCUT2D eigenvalue weighted by atomic mass is 35.5. The van der Waals surface area contributed by atoms with Gasteiger partial charge in [0.05, 0.1) is 34.7 Å². The van der Waals surface area contributed by atoms with Gasteiger partial charge in [-0.05, 0) is 12.1 Å². The van der Waals surface area contributed by atoms with E-state index in [0.717, 1.165) is 11.8 Å². The highest BCUT2D eigenvalue weighted by molar-refractivity contribution is 8.00. The minimum Gasteiger partial charge on any atom is -0.468 e. The SMILES string of the molecule is COC(=O)CSc1ccc(NCC(O)CCl)cc1[N+](=O)[O-]. The molecule has 0 saturated heterocycles. The summed E-state index contributed by atoms with van der Waals surface area (Å²) in [5.74, 6) is -0.390. The van der Waals surface area contributed by atoms with E-state index in [0.29, 0.717) is 10.6 Å². The number of nitro groups is 1. The molecule has 116 valence electrons. The molecule has 0 saturated carbocycles. The van der Waals surface area contributed by atoms with Gasteiger partial charge in [0.25, 0.3) is 5.69 Å². The van der Waals surface area contributed by atoms with Crippen LogP contribution >= 0.6 is 23.4 Å². The summed E-state index contributed by atoms with van der Waals surface area (Å²) in [6, 6.07) is 4.52. The van der Waals surface area contributed by atoms with Gasteiger partial charge < -0.3 is 15.2 Å². The number of aliphatic hydroxyl groups excluding tert-OH is 1. The summed E-state index contributed by atoms with van der Waals surface area (Å²) in [6.45, 7) is 0.190. The van der Waals surface area contributed by atoms with Gasteiger partial charge in [-0.25, -0.2) is 0 Å². The molecule has 9 heteroatoms. The highest BCUT2D eigenvalue weighted by Crippen LogP contribution is 2.31. The minimum atomic E-state index is -0.737. The Kier molecular flexibility index (Phi) is 7.27. The number of methoxy groups -OCH3 is 1. The van der Waals surface area contributed by atoms with E-state index in [1.54, 1.807) is 12.1 Å². The number of hydrogen-bond acceptors (Lipinski definition) is 7. The molecule has 1 aromatic carbocycles. The number of ether oxygens (including phenoxy) is 1. The lowest BCUT2D eigenvalue weighted by atomic mass is 10.2. The van der Waals surface area contributed by atoms with Gasteiger partial charge in [-0.15, -0.1) is 23.4 Å². The van der Waals surface area contributed by atoms with Gasteiger partial charge in [-0.3, -0.25) is 14.9 Å². The topological polar surface area (TPSA) is 102 Å². The first kappa shape index (κ1) is 17.5. The summed E-state index contributed by atoms with van der Waals surface area (Å²) in [4.78, 5) is 22.0. The Morgan fingerprint density at radius 3 is 2.90 bits per heavy atom. The third-order valence-electron chi connectivity index (χ3n) is 2.45. The fraction of sp³-hybridized carbons (Fsp3) is 0.417. The zero-order chi connectivity index (χ0) is 15.8. The Labute approximate surface area is 130 Å². The summed E-state index contributed by atoms with van der Waals surface area (Å²) >= 11 is 6.50. The predicted octanol–water partition coefficient (Wildman–Crippen LogP) is 1.87. The van der Waals surface area contributed by atoms with Crippen molar-refractivity contribution in [2.24, 2.45) is 0 Å². The number of carbonyl (C=O) groups is 1. The van der Waals surface area contributed by atoms with Crippen LogP contribution in [0.1, 0.15) is 0 Å². The molecule has 1 unspecified atom stereocenters. The first-order valence-corrected chi connectivity index (χ1v) is 7.46. The summed E-state index contributed by atoms with van der Waals surface area (Å²) in [7, 11) is 1.26. The van der Waals surface area contributed by atoms with E-state index in [9.17, 15) is 20.0 Å². The normalized spacial score (nSPS) is 11.8. The Bertz CT molecular complexity index is 514. The number of esters is 1. The van der Waals surface area contributed by atoms with Gasteiger partial charge in [-0.1, -0.05) is 0 Å². The molecular weight excluding hydrogens is 320 g/mol. The number of rotatable bonds is 8. The van der Waals surface area contributed by atoms with Crippen molar-refractivity contribution >= 4 is 40.7 Å². The average Bonchev–Trinajstić information content (AvgIpc) is 2.50. The van der Waals surface area contributed by atoms with Crippen LogP contribution in [0.15, 0.2) is 23.1 Å². The zero-order valence-electron chi connectivity index (χ0n) is 11.2. The Hall–Kier alpha value is -1.51. The second-order valence-corrected chi connectivity index (χ2v) is 5.32. The summed E-state index contributed by atoms with van der Waals surface area (Å²) in [6.07, 6.45) is -0.737. The molecule has 1 rings (SSSR count). The van der Waals surface area contributed by atoms with E-state index < -0.39 is 17.0 Å². The molecule has 0 heterocycles. The fourth-order valence-electron chi connectivity index (χ4n) is 1.38. The van der Waals surface area contributed by atoms with Crippen LogP contribution in [0.2, 0.25) is 0 Å². The number of anilines is 1. The van der Waals surface area contributed by atoms with Crippen LogP contribution in [0.4, 0.5) is 11.4 Å². The number of nitrogens with zero attached hydrogens (tertiary/aromatic N) is 1. The standard InChI is InChI=1S/C12H15ClN2O5S/c1-20-12(17)7-21-11-3-2-8(4-10(11)15(18)19)14-6-9(16)5-13/h2-4,9,14,16H,5-7H2,1H3. The number of carbonyl (C=O) groups excluding carboxylic acids is 1. The van der Waals surface area contributed by atoms with E-state index in [2.05, 4.69) is 10.1 Å². The fourth-order valence-corrected chi connectivity index (χ4v) is 2.32. The molecule has 0 aliphatic rings. The van der Waals surface area contributed by atoms with E-state index in [1.807, 2.05) is 0 Å². The van der Waals surface area contributed by atoms with Crippen LogP contribution in [0.5, 0.6) is 0 Å². The molecule has 1 atom stereocenters. The van der Waals surface area contributed by atoms with Crippen molar-refractivity contribution in [2.75, 3.05) is 30.6 Å². The lowest BCUT2D eigenvalue weighted by molar-refractivity contribution is -0.387. The van der Waals surface area contributed by atoms with Crippen molar-refractivity contribution in [1.29, 1.82) is 0 Å². The second kappa shape index (κ2) is 8.71. The largest absolute Gasteiger partial charge is 0.468 e. The van der Waals surface area contributed by atoms with Gasteiger partial charge >= 0.3 is 5.97 Å². The number of hydrogen-bond donors (Lipinski definition) is 2. The van der Waals surface area contributed by atoms with Crippen molar-refractivity contribution in [3.8, 4) is 0 Å². The number of nitrogens with one attached hydrogen (secondary N) is 1. The Morgan fingerprint density at radius 1 is 1.62 bits per heavy atom. The molecule has 0 aliphatic carbocycles.